The monoisotopic (exact) mass is 300 g/mol. The summed E-state index contributed by atoms with van der Waals surface area (Å²) in [5.74, 6) is -2.42. The van der Waals surface area contributed by atoms with Gasteiger partial charge in [0.1, 0.15) is 0 Å². The van der Waals surface area contributed by atoms with Crippen LogP contribution in [0.4, 0.5) is 0 Å². The highest BCUT2D eigenvalue weighted by Crippen LogP contribution is 2.49. The van der Waals surface area contributed by atoms with E-state index in [4.69, 9.17) is 19.8 Å². The van der Waals surface area contributed by atoms with E-state index in [1.165, 1.54) is 0 Å². The summed E-state index contributed by atoms with van der Waals surface area (Å²) in [6.45, 7) is -1.74. The maximum atomic E-state index is 9.34. The fraction of sp³-hybridized carbons (Fsp3) is 0.667. The van der Waals surface area contributed by atoms with Crippen LogP contribution in [0.25, 0.3) is 0 Å². The topological polar surface area (TPSA) is 3.24 Å². The van der Waals surface area contributed by atoms with E-state index in [0.717, 1.165) is 18.9 Å². The third-order valence-corrected chi connectivity index (χ3v) is 4.59. The maximum absolute atomic E-state index is 9.34. The van der Waals surface area contributed by atoms with Gasteiger partial charge in [0.15, 0.2) is 0 Å². The molecular formula is C18H28ClN. The molecule has 1 saturated carbocycles. The SMILES string of the molecule is [2H]C([2H])([2H])C([2H])(CC([2H])(N(C)C)C1(c2ccc(Cl)cc2)CCC1)C([2H])([2H])C. The molecule has 0 amide bonds. The largest absolute Gasteiger partial charge is 0.306 e. The number of nitrogens with zero attached hydrogens (tertiary/aromatic N) is 1. The van der Waals surface area contributed by atoms with Crippen LogP contribution in [0.5, 0.6) is 0 Å². The van der Waals surface area contributed by atoms with Crippen LogP contribution in [0.3, 0.4) is 0 Å². The fourth-order valence-electron chi connectivity index (χ4n) is 3.05. The zero-order chi connectivity index (χ0) is 20.9. The smallest absolute Gasteiger partial charge is 0.0476 e. The molecule has 2 atom stereocenters. The molecule has 0 N–H and O–H groups in total. The number of hydrogen-bond donors (Lipinski definition) is 0. The molecule has 0 aromatic heterocycles. The minimum absolute atomic E-state index is 0.435. The Kier molecular flexibility index (Phi) is 2.86. The summed E-state index contributed by atoms with van der Waals surface area (Å²) in [6.07, 6.45) is -0.476. The average Bonchev–Trinajstić information content (AvgIpc) is 2.45. The van der Waals surface area contributed by atoms with Gasteiger partial charge in [0.05, 0.1) is 0 Å². The lowest BCUT2D eigenvalue weighted by Gasteiger charge is -2.51. The molecule has 0 saturated heterocycles. The first-order valence-electron chi connectivity index (χ1n) is 10.5. The zero-order valence-electron chi connectivity index (χ0n) is 19.5. The van der Waals surface area contributed by atoms with Gasteiger partial charge in [-0.05, 0) is 56.9 Å². The van der Waals surface area contributed by atoms with Crippen molar-refractivity contribution in [1.82, 2.24) is 4.90 Å². The van der Waals surface area contributed by atoms with Crippen molar-refractivity contribution in [3.63, 3.8) is 0 Å². The van der Waals surface area contributed by atoms with E-state index in [9.17, 15) is 1.37 Å². The lowest BCUT2D eigenvalue weighted by Crippen LogP contribution is -2.52. The van der Waals surface area contributed by atoms with Gasteiger partial charge in [-0.2, -0.15) is 0 Å². The Morgan fingerprint density at radius 1 is 1.40 bits per heavy atom. The summed E-state index contributed by atoms with van der Waals surface area (Å²) in [4.78, 5) is 1.64. The first-order chi connectivity index (χ1) is 12.1. The van der Waals surface area contributed by atoms with Gasteiger partial charge < -0.3 is 4.90 Å². The fourth-order valence-corrected chi connectivity index (χ4v) is 3.18. The van der Waals surface area contributed by atoms with E-state index in [2.05, 4.69) is 0 Å². The van der Waals surface area contributed by atoms with E-state index in [-0.39, 0.29) is 0 Å². The Bertz CT molecular complexity index is 648. The van der Waals surface area contributed by atoms with Gasteiger partial charge in [-0.25, -0.2) is 0 Å². The number of rotatable bonds is 6. The molecule has 1 fully saturated rings. The first kappa shape index (κ1) is 8.80. The van der Waals surface area contributed by atoms with Crippen molar-refractivity contribution in [2.45, 2.75) is 57.3 Å². The summed E-state index contributed by atoms with van der Waals surface area (Å²) >= 11 is 6.01. The molecule has 0 radical (unpaired) electrons. The number of halogens is 1. The van der Waals surface area contributed by atoms with Crippen molar-refractivity contribution in [2.75, 3.05) is 14.1 Å². The molecule has 0 bridgehead atoms. The van der Waals surface area contributed by atoms with Crippen molar-refractivity contribution in [3.05, 3.63) is 34.9 Å². The molecule has 112 valence electrons. The van der Waals surface area contributed by atoms with Crippen LogP contribution in [0, 0.1) is 5.89 Å². The van der Waals surface area contributed by atoms with E-state index < -0.39 is 37.0 Å². The summed E-state index contributed by atoms with van der Waals surface area (Å²) < 4.78 is 57.7. The van der Waals surface area contributed by atoms with Crippen molar-refractivity contribution in [2.24, 2.45) is 5.89 Å². The van der Waals surface area contributed by atoms with Crippen molar-refractivity contribution in [1.29, 1.82) is 0 Å². The van der Waals surface area contributed by atoms with Gasteiger partial charge in [-0.1, -0.05) is 50.3 Å². The molecule has 0 spiro atoms. The van der Waals surface area contributed by atoms with Gasteiger partial charge in [-0.15, -0.1) is 0 Å². The lowest BCUT2D eigenvalue weighted by atomic mass is 9.58. The van der Waals surface area contributed by atoms with Gasteiger partial charge in [-0.3, -0.25) is 0 Å². The van der Waals surface area contributed by atoms with Gasteiger partial charge in [0.25, 0.3) is 0 Å². The standard InChI is InChI=1S/C18H28ClN/c1-5-14(2)13-17(20(3)4)18(11-6-12-18)15-7-9-16(19)10-8-15/h7-10,14,17H,5-6,11-13H2,1-4H3/i2D3,5D2,14D,17D. The molecule has 20 heavy (non-hydrogen) atoms. The molecular weight excluding hydrogens is 266 g/mol. The number of likely N-dealkylation sites (N-methyl/N-ethyl adjacent to an activating group) is 1. The molecule has 1 aliphatic rings. The van der Waals surface area contributed by atoms with Crippen LogP contribution in [0.1, 0.15) is 61.0 Å². The molecule has 0 aliphatic heterocycles. The molecule has 1 aromatic carbocycles. The maximum Gasteiger partial charge on any atom is 0.0476 e. The summed E-state index contributed by atoms with van der Waals surface area (Å²) in [6, 6.07) is 5.76. The normalized spacial score (nSPS) is 30.1. The lowest BCUT2D eigenvalue weighted by molar-refractivity contribution is 0.0785. The van der Waals surface area contributed by atoms with Crippen LogP contribution in [-0.2, 0) is 5.41 Å². The summed E-state index contributed by atoms with van der Waals surface area (Å²) in [7, 11) is 3.41. The minimum Gasteiger partial charge on any atom is -0.306 e. The molecule has 2 rings (SSSR count). The minimum atomic E-state index is -2.86. The predicted octanol–water partition coefficient (Wildman–Crippen LogP) is 5.13. The van der Waals surface area contributed by atoms with E-state index in [1.807, 2.05) is 12.1 Å². The second kappa shape index (κ2) is 6.49. The van der Waals surface area contributed by atoms with Crippen molar-refractivity contribution < 1.29 is 9.60 Å². The molecule has 2 heteroatoms. The Balaban J connectivity index is 2.61. The molecule has 1 aliphatic carbocycles. The molecule has 2 unspecified atom stereocenters. The Morgan fingerprint density at radius 2 is 2.05 bits per heavy atom. The second-order valence-electron chi connectivity index (χ2n) is 5.69. The van der Waals surface area contributed by atoms with E-state index >= 15 is 0 Å². The summed E-state index contributed by atoms with van der Waals surface area (Å²) in [5.41, 5.74) is 0.204. The van der Waals surface area contributed by atoms with Crippen LogP contribution in [-0.4, -0.2) is 25.0 Å². The highest BCUT2D eigenvalue weighted by atomic mass is 35.5. The van der Waals surface area contributed by atoms with E-state index in [1.54, 1.807) is 31.1 Å². The first-order valence-corrected chi connectivity index (χ1v) is 7.42. The van der Waals surface area contributed by atoms with E-state index in [0.29, 0.717) is 17.9 Å². The second-order valence-corrected chi connectivity index (χ2v) is 6.13. The highest BCUT2D eigenvalue weighted by Gasteiger charge is 2.46. The summed E-state index contributed by atoms with van der Waals surface area (Å²) in [5, 5.41) is 0.580. The third-order valence-electron chi connectivity index (χ3n) is 4.34. The number of hydrogen-bond acceptors (Lipinski definition) is 1. The number of benzene rings is 1. The average molecular weight is 301 g/mol. The van der Waals surface area contributed by atoms with Gasteiger partial charge in [0.2, 0.25) is 0 Å². The van der Waals surface area contributed by atoms with Crippen LogP contribution >= 0.6 is 11.6 Å². The highest BCUT2D eigenvalue weighted by molar-refractivity contribution is 6.30. The molecule has 1 aromatic rings. The molecule has 0 heterocycles. The molecule has 1 nitrogen and oxygen atoms in total. The van der Waals surface area contributed by atoms with Crippen LogP contribution in [0.2, 0.25) is 5.02 Å². The predicted molar refractivity (Wildman–Crippen MR) is 88.5 cm³/mol. The van der Waals surface area contributed by atoms with Crippen LogP contribution in [0.15, 0.2) is 24.3 Å². The van der Waals surface area contributed by atoms with Gasteiger partial charge in [0, 0.05) is 26.1 Å². The Morgan fingerprint density at radius 3 is 2.45 bits per heavy atom. The van der Waals surface area contributed by atoms with Crippen molar-refractivity contribution in [3.8, 4) is 0 Å². The van der Waals surface area contributed by atoms with Gasteiger partial charge >= 0.3 is 0 Å². The van der Waals surface area contributed by atoms with Crippen molar-refractivity contribution >= 4 is 11.6 Å². The third kappa shape index (κ3) is 3.04. The Labute approximate surface area is 139 Å². The Hall–Kier alpha value is -0.530. The van der Waals surface area contributed by atoms with Crippen LogP contribution < -0.4 is 0 Å². The quantitative estimate of drug-likeness (QED) is 0.704. The zero-order valence-corrected chi connectivity index (χ0v) is 13.2.